The summed E-state index contributed by atoms with van der Waals surface area (Å²) < 4.78 is 2.28. The second-order valence-electron chi connectivity index (χ2n) is 4.55. The molecule has 3 heteroatoms. The minimum absolute atomic E-state index is 0.211. The highest BCUT2D eigenvalue weighted by Crippen LogP contribution is 2.17. The number of hydrogen-bond acceptors (Lipinski definition) is 2. The number of imidazole rings is 1. The Hall–Kier alpha value is -1.35. The van der Waals surface area contributed by atoms with Crippen molar-refractivity contribution in [2.24, 2.45) is 5.73 Å². The molecule has 2 rings (SSSR count). The first-order valence-corrected chi connectivity index (χ1v) is 6.46. The van der Waals surface area contributed by atoms with Crippen LogP contribution in [0, 0.1) is 0 Å². The van der Waals surface area contributed by atoms with Crippen LogP contribution in [0.3, 0.4) is 0 Å². The normalized spacial score (nSPS) is 13.1. The molecular weight excluding hydrogens is 210 g/mol. The fourth-order valence-corrected chi connectivity index (χ4v) is 2.11. The summed E-state index contributed by atoms with van der Waals surface area (Å²) in [6.45, 7) is 5.18. The molecule has 1 heterocycles. The molecule has 17 heavy (non-hydrogen) atoms. The summed E-state index contributed by atoms with van der Waals surface area (Å²) in [6.07, 6.45) is 3.13. The van der Waals surface area contributed by atoms with E-state index in [1.807, 2.05) is 6.07 Å². The smallest absolute Gasteiger partial charge is 0.109 e. The highest BCUT2D eigenvalue weighted by Gasteiger charge is 2.11. The van der Waals surface area contributed by atoms with Gasteiger partial charge in [0.25, 0.3) is 0 Å². The molecule has 0 aliphatic heterocycles. The van der Waals surface area contributed by atoms with Gasteiger partial charge >= 0.3 is 0 Å². The van der Waals surface area contributed by atoms with E-state index in [0.29, 0.717) is 0 Å². The molecule has 1 atom stereocenters. The molecule has 92 valence electrons. The Bertz CT molecular complexity index is 487. The quantitative estimate of drug-likeness (QED) is 0.860. The predicted molar refractivity (Wildman–Crippen MR) is 72.0 cm³/mol. The standard InChI is InChI=1S/C14H21N3/c1-3-7-14-16-12-8-5-6-9-13(12)17(14)10-11(15)4-2/h5-6,8-9,11H,3-4,7,10,15H2,1-2H3. The van der Waals surface area contributed by atoms with Crippen LogP contribution >= 0.6 is 0 Å². The van der Waals surface area contributed by atoms with Gasteiger partial charge in [0.05, 0.1) is 11.0 Å². The van der Waals surface area contributed by atoms with Crippen LogP contribution in [0.25, 0.3) is 11.0 Å². The maximum Gasteiger partial charge on any atom is 0.109 e. The average molecular weight is 231 g/mol. The Balaban J connectivity index is 2.44. The number of rotatable bonds is 5. The van der Waals surface area contributed by atoms with Crippen LogP contribution in [0.4, 0.5) is 0 Å². The number of hydrogen-bond donors (Lipinski definition) is 1. The molecular formula is C14H21N3. The zero-order valence-corrected chi connectivity index (χ0v) is 10.7. The van der Waals surface area contributed by atoms with Crippen LogP contribution in [0.15, 0.2) is 24.3 Å². The molecule has 0 amide bonds. The lowest BCUT2D eigenvalue weighted by Gasteiger charge is -2.13. The maximum atomic E-state index is 6.07. The summed E-state index contributed by atoms with van der Waals surface area (Å²) in [5.41, 5.74) is 8.36. The van der Waals surface area contributed by atoms with E-state index in [2.05, 4.69) is 36.6 Å². The fourth-order valence-electron chi connectivity index (χ4n) is 2.11. The summed E-state index contributed by atoms with van der Waals surface area (Å²) >= 11 is 0. The van der Waals surface area contributed by atoms with Gasteiger partial charge in [-0.05, 0) is 25.0 Å². The number of benzene rings is 1. The molecule has 3 nitrogen and oxygen atoms in total. The van der Waals surface area contributed by atoms with Crippen molar-refractivity contribution < 1.29 is 0 Å². The highest BCUT2D eigenvalue weighted by atomic mass is 15.1. The topological polar surface area (TPSA) is 43.8 Å². The Labute approximate surface area is 103 Å². The van der Waals surface area contributed by atoms with Crippen molar-refractivity contribution >= 4 is 11.0 Å². The third-order valence-electron chi connectivity index (χ3n) is 3.15. The predicted octanol–water partition coefficient (Wildman–Crippen LogP) is 2.73. The molecule has 1 unspecified atom stereocenters. The van der Waals surface area contributed by atoms with Gasteiger partial charge < -0.3 is 10.3 Å². The van der Waals surface area contributed by atoms with E-state index in [1.165, 1.54) is 5.52 Å². The maximum absolute atomic E-state index is 6.07. The van der Waals surface area contributed by atoms with E-state index < -0.39 is 0 Å². The van der Waals surface area contributed by atoms with E-state index in [9.17, 15) is 0 Å². The zero-order chi connectivity index (χ0) is 12.3. The van der Waals surface area contributed by atoms with Crippen molar-refractivity contribution in [3.63, 3.8) is 0 Å². The monoisotopic (exact) mass is 231 g/mol. The number of nitrogens with two attached hydrogens (primary N) is 1. The Morgan fingerprint density at radius 2 is 2.06 bits per heavy atom. The number of nitrogens with zero attached hydrogens (tertiary/aromatic N) is 2. The van der Waals surface area contributed by atoms with Gasteiger partial charge in [-0.1, -0.05) is 26.0 Å². The van der Waals surface area contributed by atoms with Gasteiger partial charge in [0.1, 0.15) is 5.82 Å². The van der Waals surface area contributed by atoms with Crippen molar-refractivity contribution in [1.82, 2.24) is 9.55 Å². The fraction of sp³-hybridized carbons (Fsp3) is 0.500. The number of para-hydroxylation sites is 2. The summed E-state index contributed by atoms with van der Waals surface area (Å²) in [7, 11) is 0. The lowest BCUT2D eigenvalue weighted by molar-refractivity contribution is 0.531. The Morgan fingerprint density at radius 3 is 2.76 bits per heavy atom. The minimum atomic E-state index is 0.211. The van der Waals surface area contributed by atoms with E-state index in [-0.39, 0.29) is 6.04 Å². The van der Waals surface area contributed by atoms with Crippen LogP contribution in [-0.4, -0.2) is 15.6 Å². The summed E-state index contributed by atoms with van der Waals surface area (Å²) in [5.74, 6) is 1.16. The third kappa shape index (κ3) is 2.50. The molecule has 0 fully saturated rings. The van der Waals surface area contributed by atoms with Crippen molar-refractivity contribution in [2.75, 3.05) is 0 Å². The van der Waals surface area contributed by atoms with E-state index in [1.54, 1.807) is 0 Å². The van der Waals surface area contributed by atoms with Gasteiger partial charge in [0.2, 0.25) is 0 Å². The Morgan fingerprint density at radius 1 is 1.29 bits per heavy atom. The van der Waals surface area contributed by atoms with Crippen LogP contribution in [-0.2, 0) is 13.0 Å². The van der Waals surface area contributed by atoms with Gasteiger partial charge in [-0.15, -0.1) is 0 Å². The van der Waals surface area contributed by atoms with E-state index >= 15 is 0 Å². The molecule has 2 N–H and O–H groups in total. The first kappa shape index (κ1) is 12.1. The van der Waals surface area contributed by atoms with Crippen LogP contribution in [0.5, 0.6) is 0 Å². The average Bonchev–Trinajstić information content (AvgIpc) is 2.68. The molecule has 0 saturated carbocycles. The molecule has 0 bridgehead atoms. The minimum Gasteiger partial charge on any atom is -0.326 e. The molecule has 1 aromatic heterocycles. The summed E-state index contributed by atoms with van der Waals surface area (Å²) in [5, 5.41) is 0. The van der Waals surface area contributed by atoms with Gasteiger partial charge in [-0.3, -0.25) is 0 Å². The summed E-state index contributed by atoms with van der Waals surface area (Å²) in [6, 6.07) is 8.51. The number of aromatic nitrogens is 2. The molecule has 0 aliphatic carbocycles. The van der Waals surface area contributed by atoms with Gasteiger partial charge in [0.15, 0.2) is 0 Å². The van der Waals surface area contributed by atoms with Crippen molar-refractivity contribution in [3.05, 3.63) is 30.1 Å². The van der Waals surface area contributed by atoms with E-state index in [4.69, 9.17) is 10.7 Å². The van der Waals surface area contributed by atoms with Crippen molar-refractivity contribution in [1.29, 1.82) is 0 Å². The first-order chi connectivity index (χ1) is 8.26. The largest absolute Gasteiger partial charge is 0.326 e. The Kier molecular flexibility index (Phi) is 3.79. The molecule has 0 spiro atoms. The number of aryl methyl sites for hydroxylation is 1. The second kappa shape index (κ2) is 5.32. The SMILES string of the molecule is CCCc1nc2ccccc2n1CC(N)CC. The molecule has 0 radical (unpaired) electrons. The lowest BCUT2D eigenvalue weighted by Crippen LogP contribution is -2.26. The highest BCUT2D eigenvalue weighted by molar-refractivity contribution is 5.75. The van der Waals surface area contributed by atoms with Gasteiger partial charge in [-0.2, -0.15) is 0 Å². The van der Waals surface area contributed by atoms with Crippen molar-refractivity contribution in [3.8, 4) is 0 Å². The summed E-state index contributed by atoms with van der Waals surface area (Å²) in [4.78, 5) is 4.70. The molecule has 1 aromatic carbocycles. The zero-order valence-electron chi connectivity index (χ0n) is 10.7. The lowest BCUT2D eigenvalue weighted by atomic mass is 10.2. The molecule has 0 aliphatic rings. The van der Waals surface area contributed by atoms with Crippen LogP contribution in [0.2, 0.25) is 0 Å². The van der Waals surface area contributed by atoms with Gasteiger partial charge in [-0.25, -0.2) is 4.98 Å². The van der Waals surface area contributed by atoms with Crippen LogP contribution in [0.1, 0.15) is 32.5 Å². The number of fused-ring (bicyclic) bond motifs is 1. The van der Waals surface area contributed by atoms with Crippen molar-refractivity contribution in [2.45, 2.75) is 45.7 Å². The third-order valence-corrected chi connectivity index (χ3v) is 3.15. The van der Waals surface area contributed by atoms with Gasteiger partial charge in [0, 0.05) is 19.0 Å². The van der Waals surface area contributed by atoms with Crippen LogP contribution < -0.4 is 5.73 Å². The molecule has 0 saturated heterocycles. The molecule has 2 aromatic rings. The first-order valence-electron chi connectivity index (χ1n) is 6.46. The second-order valence-corrected chi connectivity index (χ2v) is 4.55. The van der Waals surface area contributed by atoms with E-state index in [0.717, 1.165) is 37.1 Å².